The molecule has 0 aliphatic carbocycles. The monoisotopic (exact) mass is 324 g/mol. The molecule has 1 fully saturated rings. The van der Waals surface area contributed by atoms with Crippen LogP contribution in [0, 0.1) is 0 Å². The Morgan fingerprint density at radius 2 is 2.13 bits per heavy atom. The van der Waals surface area contributed by atoms with Crippen molar-refractivity contribution in [2.75, 3.05) is 13.1 Å². The summed E-state index contributed by atoms with van der Waals surface area (Å²) in [5.41, 5.74) is -0.826. The van der Waals surface area contributed by atoms with Crippen LogP contribution < -0.4 is 0 Å². The second-order valence-corrected chi connectivity index (χ2v) is 5.49. The molecule has 1 saturated heterocycles. The largest absolute Gasteiger partial charge is 0.433 e. The number of amides is 1. The lowest BCUT2D eigenvalue weighted by molar-refractivity contribution is -0.141. The summed E-state index contributed by atoms with van der Waals surface area (Å²) in [6.45, 7) is 1.10. The Morgan fingerprint density at radius 3 is 2.74 bits per heavy atom. The third-order valence-corrected chi connectivity index (χ3v) is 3.93. The Balaban J connectivity index is 1.72. The summed E-state index contributed by atoms with van der Waals surface area (Å²) in [6, 6.07) is 2.15. The highest BCUT2D eigenvalue weighted by Crippen LogP contribution is 2.28. The molecular formula is C15H15F3N4O. The van der Waals surface area contributed by atoms with E-state index in [1.165, 1.54) is 6.07 Å². The summed E-state index contributed by atoms with van der Waals surface area (Å²) in [5.74, 6) is -0.295. The molecule has 122 valence electrons. The lowest BCUT2D eigenvalue weighted by Gasteiger charge is -2.33. The predicted molar refractivity (Wildman–Crippen MR) is 75.6 cm³/mol. The molecule has 1 aliphatic rings. The molecule has 0 spiro atoms. The lowest BCUT2D eigenvalue weighted by Crippen LogP contribution is -2.40. The van der Waals surface area contributed by atoms with Crippen LogP contribution in [0.3, 0.4) is 0 Å². The van der Waals surface area contributed by atoms with Crippen LogP contribution in [0.4, 0.5) is 13.2 Å². The van der Waals surface area contributed by atoms with E-state index in [1.807, 2.05) is 10.8 Å². The van der Waals surface area contributed by atoms with Gasteiger partial charge in [0.2, 0.25) is 0 Å². The van der Waals surface area contributed by atoms with Crippen molar-refractivity contribution in [3.05, 3.63) is 48.3 Å². The van der Waals surface area contributed by atoms with E-state index in [1.54, 1.807) is 17.4 Å². The first-order chi connectivity index (χ1) is 10.9. The SMILES string of the molecule is O=C(c1ccc(C(F)(F)F)nc1)N1CCC[C@@H](n2ccnc2)C1. The molecule has 23 heavy (non-hydrogen) atoms. The number of rotatable bonds is 2. The number of alkyl halides is 3. The molecule has 1 amide bonds. The highest BCUT2D eigenvalue weighted by atomic mass is 19.4. The quantitative estimate of drug-likeness (QED) is 0.853. The normalized spacial score (nSPS) is 18.9. The molecule has 3 heterocycles. The van der Waals surface area contributed by atoms with Crippen LogP contribution >= 0.6 is 0 Å². The number of carbonyl (C=O) groups excluding carboxylic acids is 1. The lowest BCUT2D eigenvalue weighted by atomic mass is 10.0. The summed E-state index contributed by atoms with van der Waals surface area (Å²) in [6.07, 6.45) is 3.50. The molecule has 0 radical (unpaired) electrons. The number of hydrogen-bond acceptors (Lipinski definition) is 3. The van der Waals surface area contributed by atoms with E-state index in [0.717, 1.165) is 25.1 Å². The Kier molecular flexibility index (Phi) is 4.06. The molecule has 8 heteroatoms. The van der Waals surface area contributed by atoms with Crippen LogP contribution in [0.2, 0.25) is 0 Å². The molecule has 0 unspecified atom stereocenters. The van der Waals surface area contributed by atoms with Gasteiger partial charge < -0.3 is 9.47 Å². The van der Waals surface area contributed by atoms with Crippen molar-refractivity contribution in [2.45, 2.75) is 25.1 Å². The van der Waals surface area contributed by atoms with E-state index in [4.69, 9.17) is 0 Å². The van der Waals surface area contributed by atoms with Crippen LogP contribution in [0.1, 0.15) is 34.9 Å². The van der Waals surface area contributed by atoms with Gasteiger partial charge in [0.1, 0.15) is 5.69 Å². The Hall–Kier alpha value is -2.38. The van der Waals surface area contributed by atoms with Crippen LogP contribution in [-0.4, -0.2) is 38.4 Å². The van der Waals surface area contributed by atoms with E-state index in [2.05, 4.69) is 9.97 Å². The van der Waals surface area contributed by atoms with Crippen LogP contribution in [0.15, 0.2) is 37.1 Å². The van der Waals surface area contributed by atoms with Crippen molar-refractivity contribution in [1.82, 2.24) is 19.4 Å². The smallest absolute Gasteiger partial charge is 0.337 e. The molecule has 0 aromatic carbocycles. The molecule has 0 N–H and O–H groups in total. The predicted octanol–water partition coefficient (Wildman–Crippen LogP) is 2.77. The first-order valence-electron chi connectivity index (χ1n) is 7.25. The Labute approximate surface area is 130 Å². The van der Waals surface area contributed by atoms with Gasteiger partial charge in [0.25, 0.3) is 5.91 Å². The minimum absolute atomic E-state index is 0.137. The molecular weight excluding hydrogens is 309 g/mol. The topological polar surface area (TPSA) is 51.0 Å². The van der Waals surface area contributed by atoms with Crippen molar-refractivity contribution in [1.29, 1.82) is 0 Å². The van der Waals surface area contributed by atoms with Crippen LogP contribution in [0.25, 0.3) is 0 Å². The molecule has 2 aromatic heterocycles. The maximum absolute atomic E-state index is 12.5. The zero-order valence-electron chi connectivity index (χ0n) is 12.2. The molecule has 2 aromatic rings. The average molecular weight is 324 g/mol. The third-order valence-electron chi connectivity index (χ3n) is 3.93. The van der Waals surface area contributed by atoms with Gasteiger partial charge in [-0.3, -0.25) is 9.78 Å². The van der Waals surface area contributed by atoms with E-state index < -0.39 is 11.9 Å². The molecule has 5 nitrogen and oxygen atoms in total. The second kappa shape index (κ2) is 6.02. The van der Waals surface area contributed by atoms with Crippen LogP contribution in [-0.2, 0) is 6.18 Å². The number of aromatic nitrogens is 3. The maximum Gasteiger partial charge on any atom is 0.433 e. The van der Waals surface area contributed by atoms with E-state index in [0.29, 0.717) is 13.1 Å². The number of piperidine rings is 1. The van der Waals surface area contributed by atoms with E-state index in [9.17, 15) is 18.0 Å². The van der Waals surface area contributed by atoms with Crippen molar-refractivity contribution in [3.8, 4) is 0 Å². The average Bonchev–Trinajstić information content (AvgIpc) is 3.08. The first kappa shape index (κ1) is 15.5. The summed E-state index contributed by atoms with van der Waals surface area (Å²) >= 11 is 0. The number of hydrogen-bond donors (Lipinski definition) is 0. The number of likely N-dealkylation sites (tertiary alicyclic amines) is 1. The Bertz CT molecular complexity index is 667. The minimum Gasteiger partial charge on any atom is -0.337 e. The highest BCUT2D eigenvalue weighted by molar-refractivity contribution is 5.94. The second-order valence-electron chi connectivity index (χ2n) is 5.49. The molecule has 1 aliphatic heterocycles. The van der Waals surface area contributed by atoms with E-state index >= 15 is 0 Å². The standard InChI is InChI=1S/C15H15F3N4O/c16-15(17,18)13-4-3-11(8-20-13)14(23)21-6-1-2-12(9-21)22-7-5-19-10-22/h3-5,7-8,10,12H,1-2,6,9H2/t12-/m1/s1. The fraction of sp³-hybridized carbons (Fsp3) is 0.400. The van der Waals surface area contributed by atoms with Crippen molar-refractivity contribution >= 4 is 5.91 Å². The minimum atomic E-state index is -4.50. The Morgan fingerprint density at radius 1 is 1.30 bits per heavy atom. The fourth-order valence-electron chi connectivity index (χ4n) is 2.74. The van der Waals surface area contributed by atoms with Gasteiger partial charge in [0.15, 0.2) is 0 Å². The van der Waals surface area contributed by atoms with Gasteiger partial charge in [-0.1, -0.05) is 0 Å². The first-order valence-corrected chi connectivity index (χ1v) is 7.25. The number of nitrogens with zero attached hydrogens (tertiary/aromatic N) is 4. The summed E-state index contributed by atoms with van der Waals surface area (Å²) in [5, 5.41) is 0. The zero-order chi connectivity index (χ0) is 16.4. The molecule has 0 bridgehead atoms. The van der Waals surface area contributed by atoms with Crippen molar-refractivity contribution in [2.24, 2.45) is 0 Å². The highest BCUT2D eigenvalue weighted by Gasteiger charge is 2.32. The zero-order valence-corrected chi connectivity index (χ0v) is 12.2. The van der Waals surface area contributed by atoms with Crippen molar-refractivity contribution in [3.63, 3.8) is 0 Å². The van der Waals surface area contributed by atoms with Gasteiger partial charge in [0, 0.05) is 31.7 Å². The number of imidazole rings is 1. The van der Waals surface area contributed by atoms with Gasteiger partial charge in [-0.2, -0.15) is 13.2 Å². The van der Waals surface area contributed by atoms with E-state index in [-0.39, 0.29) is 17.5 Å². The molecule has 1 atom stereocenters. The van der Waals surface area contributed by atoms with Crippen LogP contribution in [0.5, 0.6) is 0 Å². The number of pyridine rings is 1. The fourth-order valence-corrected chi connectivity index (χ4v) is 2.74. The van der Waals surface area contributed by atoms with Gasteiger partial charge in [-0.25, -0.2) is 4.98 Å². The van der Waals surface area contributed by atoms with Gasteiger partial charge in [0.05, 0.1) is 17.9 Å². The molecule has 3 rings (SSSR count). The molecule has 0 saturated carbocycles. The van der Waals surface area contributed by atoms with Crippen molar-refractivity contribution < 1.29 is 18.0 Å². The van der Waals surface area contributed by atoms with Gasteiger partial charge >= 0.3 is 6.18 Å². The maximum atomic E-state index is 12.5. The summed E-state index contributed by atoms with van der Waals surface area (Å²) < 4.78 is 39.5. The van der Waals surface area contributed by atoms with Gasteiger partial charge in [-0.05, 0) is 25.0 Å². The summed E-state index contributed by atoms with van der Waals surface area (Å²) in [4.78, 5) is 21.5. The third kappa shape index (κ3) is 3.35. The summed E-state index contributed by atoms with van der Waals surface area (Å²) in [7, 11) is 0. The number of carbonyl (C=O) groups is 1. The number of halogens is 3. The van der Waals surface area contributed by atoms with Gasteiger partial charge in [-0.15, -0.1) is 0 Å².